The maximum atomic E-state index is 14.2. The number of rotatable bonds is 4. The largest absolute Gasteiger partial charge is 0.464 e. The molecule has 0 aliphatic heterocycles. The average Bonchev–Trinajstić information content (AvgIpc) is 3.16. The van der Waals surface area contributed by atoms with Crippen molar-refractivity contribution in [2.75, 3.05) is 7.11 Å². The highest BCUT2D eigenvalue weighted by molar-refractivity contribution is 7.20. The Morgan fingerprint density at radius 1 is 1.33 bits per heavy atom. The van der Waals surface area contributed by atoms with E-state index in [-0.39, 0.29) is 11.6 Å². The standard InChI is InChI=1S/C12H13FN2O2S2.C2H6/c1-6(2)7(13)9-8(12(16)17-3)15-11(19-9)10-14-4-5-18-10;1-2/h4-7H,1-3H3;1-2H3. The molecule has 0 saturated heterocycles. The molecular formula is C14H19FN2O2S2. The molecule has 21 heavy (non-hydrogen) atoms. The van der Waals surface area contributed by atoms with E-state index in [4.69, 9.17) is 0 Å². The molecule has 2 heterocycles. The number of ether oxygens (including phenoxy) is 1. The SMILES string of the molecule is CC.COC(=O)c1nc(-c2nccs2)sc1C(F)C(C)C. The van der Waals surface area contributed by atoms with E-state index in [0.29, 0.717) is 14.9 Å². The summed E-state index contributed by atoms with van der Waals surface area (Å²) in [7, 11) is 1.26. The van der Waals surface area contributed by atoms with Crippen LogP contribution in [0.15, 0.2) is 11.6 Å². The quantitative estimate of drug-likeness (QED) is 0.759. The molecule has 0 saturated carbocycles. The van der Waals surface area contributed by atoms with Crippen molar-refractivity contribution in [3.05, 3.63) is 22.1 Å². The molecule has 0 radical (unpaired) electrons. The second-order valence-electron chi connectivity index (χ2n) is 4.21. The van der Waals surface area contributed by atoms with Crippen LogP contribution in [0.25, 0.3) is 10.0 Å². The average molecular weight is 330 g/mol. The predicted molar refractivity (Wildman–Crippen MR) is 84.6 cm³/mol. The van der Waals surface area contributed by atoms with Gasteiger partial charge in [-0.25, -0.2) is 19.2 Å². The number of esters is 1. The fourth-order valence-electron chi connectivity index (χ4n) is 1.49. The third-order valence-electron chi connectivity index (χ3n) is 2.48. The van der Waals surface area contributed by atoms with Crippen molar-refractivity contribution in [3.8, 4) is 10.0 Å². The molecule has 0 bridgehead atoms. The van der Waals surface area contributed by atoms with Crippen molar-refractivity contribution in [3.63, 3.8) is 0 Å². The molecule has 0 aliphatic carbocycles. The molecule has 7 heteroatoms. The lowest BCUT2D eigenvalue weighted by atomic mass is 10.1. The second kappa shape index (κ2) is 8.19. The van der Waals surface area contributed by atoms with E-state index in [9.17, 15) is 9.18 Å². The number of carbonyl (C=O) groups is 1. The number of carbonyl (C=O) groups excluding carboxylic acids is 1. The van der Waals surface area contributed by atoms with Gasteiger partial charge in [-0.05, 0) is 5.92 Å². The van der Waals surface area contributed by atoms with Gasteiger partial charge in [-0.1, -0.05) is 27.7 Å². The van der Waals surface area contributed by atoms with Crippen LogP contribution in [0.3, 0.4) is 0 Å². The van der Waals surface area contributed by atoms with Crippen LogP contribution in [0, 0.1) is 5.92 Å². The Morgan fingerprint density at radius 3 is 2.48 bits per heavy atom. The summed E-state index contributed by atoms with van der Waals surface area (Å²) in [4.78, 5) is 20.3. The number of nitrogens with zero attached hydrogens (tertiary/aromatic N) is 2. The Morgan fingerprint density at radius 2 is 2.00 bits per heavy atom. The van der Waals surface area contributed by atoms with Gasteiger partial charge in [-0.3, -0.25) is 0 Å². The van der Waals surface area contributed by atoms with Crippen LogP contribution in [0.2, 0.25) is 0 Å². The minimum Gasteiger partial charge on any atom is -0.464 e. The summed E-state index contributed by atoms with van der Waals surface area (Å²) in [6, 6.07) is 0. The van der Waals surface area contributed by atoms with Gasteiger partial charge in [0.25, 0.3) is 0 Å². The minimum absolute atomic E-state index is 0.0545. The number of hydrogen-bond acceptors (Lipinski definition) is 6. The summed E-state index contributed by atoms with van der Waals surface area (Å²) < 4.78 is 18.9. The third kappa shape index (κ3) is 4.07. The van der Waals surface area contributed by atoms with Crippen LogP contribution in [-0.4, -0.2) is 23.0 Å². The summed E-state index contributed by atoms with van der Waals surface area (Å²) in [5.74, 6) is -0.842. The topological polar surface area (TPSA) is 52.1 Å². The minimum atomic E-state index is -1.24. The van der Waals surface area contributed by atoms with Gasteiger partial charge in [0.15, 0.2) is 15.7 Å². The number of aromatic nitrogens is 2. The molecular weight excluding hydrogens is 311 g/mol. The molecule has 0 amide bonds. The van der Waals surface area contributed by atoms with Crippen molar-refractivity contribution < 1.29 is 13.9 Å². The van der Waals surface area contributed by atoms with Gasteiger partial charge in [0.2, 0.25) is 0 Å². The van der Waals surface area contributed by atoms with Crippen LogP contribution in [0.1, 0.15) is 49.2 Å². The van der Waals surface area contributed by atoms with E-state index in [1.54, 1.807) is 20.0 Å². The lowest BCUT2D eigenvalue weighted by Crippen LogP contribution is -2.08. The van der Waals surface area contributed by atoms with E-state index < -0.39 is 12.1 Å². The first-order chi connectivity index (χ1) is 10.0. The van der Waals surface area contributed by atoms with E-state index in [1.165, 1.54) is 18.4 Å². The Bertz CT molecular complexity index is 568. The molecule has 2 aromatic heterocycles. The summed E-state index contributed by atoms with van der Waals surface area (Å²) >= 11 is 2.56. The van der Waals surface area contributed by atoms with Crippen molar-refractivity contribution in [1.82, 2.24) is 9.97 Å². The van der Waals surface area contributed by atoms with Crippen molar-refractivity contribution in [2.45, 2.75) is 33.9 Å². The van der Waals surface area contributed by atoms with Crippen LogP contribution in [0.4, 0.5) is 4.39 Å². The van der Waals surface area contributed by atoms with Gasteiger partial charge in [-0.2, -0.15) is 0 Å². The molecule has 4 nitrogen and oxygen atoms in total. The molecule has 0 aromatic carbocycles. The summed E-state index contributed by atoms with van der Waals surface area (Å²) in [5.41, 5.74) is 0.0545. The normalized spacial score (nSPS) is 11.8. The number of alkyl halides is 1. The fraction of sp³-hybridized carbons (Fsp3) is 0.500. The Hall–Kier alpha value is -1.34. The lowest BCUT2D eigenvalue weighted by molar-refractivity contribution is 0.0590. The zero-order valence-electron chi connectivity index (χ0n) is 12.7. The first kappa shape index (κ1) is 17.7. The molecule has 0 fully saturated rings. The molecule has 2 rings (SSSR count). The van der Waals surface area contributed by atoms with Crippen molar-refractivity contribution in [2.24, 2.45) is 5.92 Å². The van der Waals surface area contributed by atoms with Crippen LogP contribution in [0.5, 0.6) is 0 Å². The Labute approximate surface area is 132 Å². The van der Waals surface area contributed by atoms with E-state index >= 15 is 0 Å². The smallest absolute Gasteiger partial charge is 0.357 e. The van der Waals surface area contributed by atoms with E-state index in [2.05, 4.69) is 14.7 Å². The highest BCUT2D eigenvalue weighted by atomic mass is 32.1. The molecule has 0 spiro atoms. The van der Waals surface area contributed by atoms with Gasteiger partial charge < -0.3 is 4.74 Å². The lowest BCUT2D eigenvalue weighted by Gasteiger charge is -2.10. The summed E-state index contributed by atoms with van der Waals surface area (Å²) in [6.07, 6.45) is 0.411. The van der Waals surface area contributed by atoms with E-state index in [0.717, 1.165) is 11.3 Å². The van der Waals surface area contributed by atoms with Gasteiger partial charge in [0.05, 0.1) is 12.0 Å². The summed E-state index contributed by atoms with van der Waals surface area (Å²) in [5, 5.41) is 3.04. The fourth-order valence-corrected chi connectivity index (χ4v) is 3.37. The van der Waals surface area contributed by atoms with E-state index in [1.807, 2.05) is 19.2 Å². The Kier molecular flexibility index (Phi) is 6.91. The zero-order valence-corrected chi connectivity index (χ0v) is 14.3. The van der Waals surface area contributed by atoms with Crippen molar-refractivity contribution >= 4 is 28.6 Å². The zero-order chi connectivity index (χ0) is 16.0. The van der Waals surface area contributed by atoms with Crippen LogP contribution >= 0.6 is 22.7 Å². The van der Waals surface area contributed by atoms with Gasteiger partial charge in [0.1, 0.15) is 6.17 Å². The second-order valence-corrected chi connectivity index (χ2v) is 6.13. The molecule has 2 aromatic rings. The maximum absolute atomic E-state index is 14.2. The first-order valence-electron chi connectivity index (χ1n) is 6.67. The third-order valence-corrected chi connectivity index (χ3v) is 4.51. The number of halogens is 1. The highest BCUT2D eigenvalue weighted by Gasteiger charge is 2.28. The number of methoxy groups -OCH3 is 1. The monoisotopic (exact) mass is 330 g/mol. The predicted octanol–water partition coefficient (Wildman–Crippen LogP) is 4.75. The first-order valence-corrected chi connectivity index (χ1v) is 8.37. The number of hydrogen-bond donors (Lipinski definition) is 0. The highest BCUT2D eigenvalue weighted by Crippen LogP contribution is 2.37. The van der Waals surface area contributed by atoms with Crippen LogP contribution < -0.4 is 0 Å². The Balaban J connectivity index is 0.00000106. The summed E-state index contributed by atoms with van der Waals surface area (Å²) in [6.45, 7) is 7.52. The molecule has 1 unspecified atom stereocenters. The van der Waals surface area contributed by atoms with Crippen molar-refractivity contribution in [1.29, 1.82) is 0 Å². The van der Waals surface area contributed by atoms with Gasteiger partial charge in [0, 0.05) is 11.6 Å². The van der Waals surface area contributed by atoms with Gasteiger partial charge in [-0.15, -0.1) is 22.7 Å². The maximum Gasteiger partial charge on any atom is 0.357 e. The molecule has 116 valence electrons. The number of thiazole rings is 2. The molecule has 1 atom stereocenters. The molecule has 0 N–H and O–H groups in total. The van der Waals surface area contributed by atoms with Crippen LogP contribution in [-0.2, 0) is 4.74 Å². The van der Waals surface area contributed by atoms with Gasteiger partial charge >= 0.3 is 5.97 Å². The molecule has 0 aliphatic rings.